The largest absolute Gasteiger partial charge is 0.480 e. The fraction of sp³-hybridized carbons (Fsp3) is 0.857. The van der Waals surface area contributed by atoms with Crippen molar-refractivity contribution in [2.75, 3.05) is 18.1 Å². The Morgan fingerprint density at radius 2 is 2.11 bits per heavy atom. The lowest BCUT2D eigenvalue weighted by Crippen LogP contribution is -2.50. The molecular weight excluding hydrogens is 262 g/mol. The molecule has 110 valence electrons. The van der Waals surface area contributed by atoms with Crippen molar-refractivity contribution in [1.29, 1.82) is 0 Å². The standard InChI is InChI=1S/C14H25NO3S/c1-3-5-8-19-10-13(16)15-7-6-11(4-2)9-12(15)14(17)18/h11-12H,3-10H2,1-2H3,(H,17,18). The molecule has 0 saturated carbocycles. The van der Waals surface area contributed by atoms with Crippen LogP contribution in [0.2, 0.25) is 0 Å². The molecule has 2 atom stereocenters. The van der Waals surface area contributed by atoms with E-state index >= 15 is 0 Å². The van der Waals surface area contributed by atoms with Gasteiger partial charge in [0.15, 0.2) is 0 Å². The van der Waals surface area contributed by atoms with Crippen LogP contribution in [-0.4, -0.2) is 46.0 Å². The van der Waals surface area contributed by atoms with E-state index in [4.69, 9.17) is 0 Å². The second-order valence-corrected chi connectivity index (χ2v) is 6.25. The second-order valence-electron chi connectivity index (χ2n) is 5.15. The molecule has 2 unspecified atom stereocenters. The fourth-order valence-corrected chi connectivity index (χ4v) is 3.41. The van der Waals surface area contributed by atoms with Crippen molar-refractivity contribution in [1.82, 2.24) is 4.90 Å². The first-order valence-electron chi connectivity index (χ1n) is 7.20. The van der Waals surface area contributed by atoms with Crippen molar-refractivity contribution in [2.45, 2.75) is 52.0 Å². The normalized spacial score (nSPS) is 23.4. The van der Waals surface area contributed by atoms with E-state index in [-0.39, 0.29) is 5.91 Å². The highest BCUT2D eigenvalue weighted by atomic mass is 32.2. The van der Waals surface area contributed by atoms with Gasteiger partial charge >= 0.3 is 5.97 Å². The molecule has 5 heteroatoms. The summed E-state index contributed by atoms with van der Waals surface area (Å²) in [5, 5.41) is 9.28. The Balaban J connectivity index is 2.49. The quantitative estimate of drug-likeness (QED) is 0.731. The first kappa shape index (κ1) is 16.3. The van der Waals surface area contributed by atoms with E-state index in [0.717, 1.165) is 31.4 Å². The maximum Gasteiger partial charge on any atom is 0.326 e. The van der Waals surface area contributed by atoms with Gasteiger partial charge in [-0.25, -0.2) is 4.79 Å². The van der Waals surface area contributed by atoms with Crippen LogP contribution in [0, 0.1) is 5.92 Å². The number of nitrogens with zero attached hydrogens (tertiary/aromatic N) is 1. The topological polar surface area (TPSA) is 57.6 Å². The molecular formula is C14H25NO3S. The van der Waals surface area contributed by atoms with Crippen LogP contribution < -0.4 is 0 Å². The number of piperidine rings is 1. The summed E-state index contributed by atoms with van der Waals surface area (Å²) in [5.41, 5.74) is 0. The van der Waals surface area contributed by atoms with Crippen LogP contribution in [0.4, 0.5) is 0 Å². The summed E-state index contributed by atoms with van der Waals surface area (Å²) in [6.45, 7) is 4.81. The van der Waals surface area contributed by atoms with E-state index in [1.807, 2.05) is 0 Å². The fourth-order valence-electron chi connectivity index (χ4n) is 2.43. The summed E-state index contributed by atoms with van der Waals surface area (Å²) in [6, 6.07) is -0.613. The van der Waals surface area contributed by atoms with E-state index < -0.39 is 12.0 Å². The summed E-state index contributed by atoms with van der Waals surface area (Å²) < 4.78 is 0. The molecule has 1 saturated heterocycles. The van der Waals surface area contributed by atoms with Gasteiger partial charge in [0, 0.05) is 6.54 Å². The summed E-state index contributed by atoms with van der Waals surface area (Å²) in [4.78, 5) is 25.0. The summed E-state index contributed by atoms with van der Waals surface area (Å²) in [7, 11) is 0. The van der Waals surface area contributed by atoms with Crippen LogP contribution in [0.25, 0.3) is 0 Å². The number of carbonyl (C=O) groups excluding carboxylic acids is 1. The lowest BCUT2D eigenvalue weighted by atomic mass is 9.89. The van der Waals surface area contributed by atoms with Crippen molar-refractivity contribution >= 4 is 23.6 Å². The number of carboxylic acid groups (broad SMARTS) is 1. The highest BCUT2D eigenvalue weighted by Gasteiger charge is 2.35. The third kappa shape index (κ3) is 5.05. The molecule has 0 aromatic heterocycles. The Labute approximate surface area is 119 Å². The SMILES string of the molecule is CCCCSCC(=O)N1CCC(CC)CC1C(=O)O. The summed E-state index contributed by atoms with van der Waals surface area (Å²) in [5.74, 6) is 0.970. The Morgan fingerprint density at radius 3 is 2.68 bits per heavy atom. The average molecular weight is 287 g/mol. The molecule has 1 fully saturated rings. The van der Waals surface area contributed by atoms with Gasteiger partial charge in [-0.05, 0) is 30.9 Å². The van der Waals surface area contributed by atoms with Gasteiger partial charge in [0.2, 0.25) is 5.91 Å². The Morgan fingerprint density at radius 1 is 1.37 bits per heavy atom. The Hall–Kier alpha value is -0.710. The summed E-state index contributed by atoms with van der Waals surface area (Å²) >= 11 is 1.62. The van der Waals surface area contributed by atoms with Crippen molar-refractivity contribution in [3.63, 3.8) is 0 Å². The van der Waals surface area contributed by atoms with Crippen LogP contribution in [0.3, 0.4) is 0 Å². The molecule has 0 aliphatic carbocycles. The molecule has 1 aliphatic heterocycles. The number of likely N-dealkylation sites (tertiary alicyclic amines) is 1. The van der Waals surface area contributed by atoms with Crippen LogP contribution in [0.5, 0.6) is 0 Å². The number of amides is 1. The van der Waals surface area contributed by atoms with E-state index in [1.54, 1.807) is 16.7 Å². The maximum atomic E-state index is 12.1. The monoisotopic (exact) mass is 287 g/mol. The molecule has 1 heterocycles. The second kappa shape index (κ2) is 8.46. The maximum absolute atomic E-state index is 12.1. The van der Waals surface area contributed by atoms with Crippen LogP contribution in [0.1, 0.15) is 46.0 Å². The minimum Gasteiger partial charge on any atom is -0.480 e. The number of hydrogen-bond acceptors (Lipinski definition) is 3. The highest BCUT2D eigenvalue weighted by molar-refractivity contribution is 7.99. The number of carboxylic acids is 1. The number of carbonyl (C=O) groups is 2. The van der Waals surface area contributed by atoms with Gasteiger partial charge in [0.1, 0.15) is 6.04 Å². The van der Waals surface area contributed by atoms with Gasteiger partial charge < -0.3 is 10.0 Å². The van der Waals surface area contributed by atoms with Gasteiger partial charge in [-0.3, -0.25) is 4.79 Å². The van der Waals surface area contributed by atoms with E-state index in [0.29, 0.717) is 24.6 Å². The van der Waals surface area contributed by atoms with Gasteiger partial charge in [-0.2, -0.15) is 11.8 Å². The molecule has 0 radical (unpaired) electrons. The summed E-state index contributed by atoms with van der Waals surface area (Å²) in [6.07, 6.45) is 4.78. The average Bonchev–Trinajstić information content (AvgIpc) is 2.42. The minimum absolute atomic E-state index is 0.0111. The predicted octanol–water partition coefficient (Wildman–Crippen LogP) is 2.62. The molecule has 0 aromatic carbocycles. The zero-order valence-electron chi connectivity index (χ0n) is 11.9. The lowest BCUT2D eigenvalue weighted by Gasteiger charge is -2.37. The molecule has 1 N–H and O–H groups in total. The molecule has 1 rings (SSSR count). The highest BCUT2D eigenvalue weighted by Crippen LogP contribution is 2.26. The predicted molar refractivity (Wildman–Crippen MR) is 78.4 cm³/mol. The van der Waals surface area contributed by atoms with Gasteiger partial charge in [-0.1, -0.05) is 26.7 Å². The first-order chi connectivity index (χ1) is 9.10. The molecule has 1 amide bonds. The van der Waals surface area contributed by atoms with E-state index in [2.05, 4.69) is 13.8 Å². The number of hydrogen-bond donors (Lipinski definition) is 1. The van der Waals surface area contributed by atoms with Crippen molar-refractivity contribution in [3.05, 3.63) is 0 Å². The molecule has 0 aromatic rings. The smallest absolute Gasteiger partial charge is 0.326 e. The zero-order chi connectivity index (χ0) is 14.3. The zero-order valence-corrected chi connectivity index (χ0v) is 12.7. The third-order valence-corrected chi connectivity index (χ3v) is 4.79. The first-order valence-corrected chi connectivity index (χ1v) is 8.35. The van der Waals surface area contributed by atoms with Crippen LogP contribution in [0.15, 0.2) is 0 Å². The molecule has 19 heavy (non-hydrogen) atoms. The van der Waals surface area contributed by atoms with Crippen LogP contribution in [-0.2, 0) is 9.59 Å². The molecule has 1 aliphatic rings. The van der Waals surface area contributed by atoms with Gasteiger partial charge in [0.25, 0.3) is 0 Å². The number of unbranched alkanes of at least 4 members (excludes halogenated alkanes) is 1. The van der Waals surface area contributed by atoms with E-state index in [9.17, 15) is 14.7 Å². The third-order valence-electron chi connectivity index (χ3n) is 3.76. The van der Waals surface area contributed by atoms with Gasteiger partial charge in [0.05, 0.1) is 5.75 Å². The Bertz CT molecular complexity index is 309. The number of thioether (sulfide) groups is 1. The Kier molecular flexibility index (Phi) is 7.28. The molecule has 4 nitrogen and oxygen atoms in total. The molecule has 0 spiro atoms. The van der Waals surface area contributed by atoms with Crippen LogP contribution >= 0.6 is 11.8 Å². The van der Waals surface area contributed by atoms with Crippen molar-refractivity contribution in [3.8, 4) is 0 Å². The van der Waals surface area contributed by atoms with E-state index in [1.165, 1.54) is 0 Å². The molecule has 0 bridgehead atoms. The number of aliphatic carboxylic acids is 1. The van der Waals surface area contributed by atoms with Crippen molar-refractivity contribution in [2.24, 2.45) is 5.92 Å². The lowest BCUT2D eigenvalue weighted by molar-refractivity contribution is -0.152. The van der Waals surface area contributed by atoms with Gasteiger partial charge in [-0.15, -0.1) is 0 Å². The van der Waals surface area contributed by atoms with Crippen molar-refractivity contribution < 1.29 is 14.7 Å². The minimum atomic E-state index is -0.856. The number of rotatable bonds is 7.